The maximum atomic E-state index is 12.4. The van der Waals surface area contributed by atoms with Crippen LogP contribution in [0.2, 0.25) is 0 Å². The molecule has 4 heteroatoms. The van der Waals surface area contributed by atoms with Gasteiger partial charge in [-0.25, -0.2) is 0 Å². The first-order valence-electron chi connectivity index (χ1n) is 6.30. The first-order chi connectivity index (χ1) is 8.19. The van der Waals surface area contributed by atoms with E-state index in [1.54, 1.807) is 0 Å². The molecule has 0 aromatic heterocycles. The fraction of sp³-hybridized carbons (Fsp3) is 0.500. The molecule has 3 nitrogen and oxygen atoms in total. The number of nitrogens with zero attached hydrogens (tertiary/aromatic N) is 1. The van der Waals surface area contributed by atoms with Crippen molar-refractivity contribution >= 4 is 18.3 Å². The van der Waals surface area contributed by atoms with Crippen molar-refractivity contribution in [1.82, 2.24) is 10.2 Å². The number of piperazine rings is 1. The van der Waals surface area contributed by atoms with Crippen molar-refractivity contribution in [1.29, 1.82) is 0 Å². The summed E-state index contributed by atoms with van der Waals surface area (Å²) in [5.74, 6) is 0.182. The second-order valence-corrected chi connectivity index (χ2v) is 5.30. The first-order valence-corrected chi connectivity index (χ1v) is 6.30. The highest BCUT2D eigenvalue weighted by molar-refractivity contribution is 5.94. The number of carbonyl (C=O) groups is 1. The van der Waals surface area contributed by atoms with E-state index in [9.17, 15) is 4.79 Å². The van der Waals surface area contributed by atoms with Gasteiger partial charge in [-0.1, -0.05) is 17.7 Å². The largest absolute Gasteiger partial charge is 0.336 e. The van der Waals surface area contributed by atoms with Crippen LogP contribution in [0.1, 0.15) is 28.8 Å². The van der Waals surface area contributed by atoms with Crippen molar-refractivity contribution in [3.63, 3.8) is 0 Å². The van der Waals surface area contributed by atoms with Gasteiger partial charge in [-0.05, 0) is 31.9 Å². The summed E-state index contributed by atoms with van der Waals surface area (Å²) in [7, 11) is 0. The van der Waals surface area contributed by atoms with Gasteiger partial charge in [0.1, 0.15) is 0 Å². The minimum Gasteiger partial charge on any atom is -0.336 e. The van der Waals surface area contributed by atoms with Crippen LogP contribution in [-0.2, 0) is 0 Å². The van der Waals surface area contributed by atoms with E-state index >= 15 is 0 Å². The molecule has 1 aliphatic carbocycles. The van der Waals surface area contributed by atoms with Gasteiger partial charge in [0.25, 0.3) is 5.91 Å². The van der Waals surface area contributed by atoms with Crippen LogP contribution in [-0.4, -0.2) is 36.0 Å². The lowest BCUT2D eigenvalue weighted by molar-refractivity contribution is 0.0691. The average molecular weight is 267 g/mol. The van der Waals surface area contributed by atoms with E-state index in [1.165, 1.54) is 12.8 Å². The van der Waals surface area contributed by atoms with E-state index in [1.807, 2.05) is 36.1 Å². The zero-order chi connectivity index (χ0) is 11.9. The van der Waals surface area contributed by atoms with Crippen molar-refractivity contribution in [2.45, 2.75) is 25.3 Å². The Morgan fingerprint density at radius 2 is 2.17 bits per heavy atom. The van der Waals surface area contributed by atoms with Crippen LogP contribution in [0.25, 0.3) is 0 Å². The summed E-state index contributed by atoms with van der Waals surface area (Å²) in [6.45, 7) is 4.66. The number of amides is 1. The molecule has 1 N–H and O–H groups in total. The van der Waals surface area contributed by atoms with Crippen molar-refractivity contribution < 1.29 is 4.79 Å². The molecule has 2 fully saturated rings. The van der Waals surface area contributed by atoms with Crippen LogP contribution >= 0.6 is 12.4 Å². The van der Waals surface area contributed by atoms with Gasteiger partial charge >= 0.3 is 0 Å². The fourth-order valence-electron chi connectivity index (χ4n) is 2.58. The van der Waals surface area contributed by atoms with E-state index < -0.39 is 0 Å². The standard InChI is InChI=1S/C14H18N2O.ClH/c1-11-3-2-4-12(9-11)13(17)16-8-7-15-14(10-16)5-6-14;/h2-4,9,15H,5-8,10H2,1H3;1H. The summed E-state index contributed by atoms with van der Waals surface area (Å²) in [6, 6.07) is 7.87. The lowest BCUT2D eigenvalue weighted by Gasteiger charge is -2.34. The number of benzene rings is 1. The molecule has 3 rings (SSSR count). The topological polar surface area (TPSA) is 32.3 Å². The lowest BCUT2D eigenvalue weighted by atomic mass is 10.1. The number of halogens is 1. The molecule has 1 aromatic rings. The molecular weight excluding hydrogens is 248 g/mol. The lowest BCUT2D eigenvalue weighted by Crippen LogP contribution is -2.54. The van der Waals surface area contributed by atoms with E-state index in [4.69, 9.17) is 0 Å². The molecule has 98 valence electrons. The summed E-state index contributed by atoms with van der Waals surface area (Å²) >= 11 is 0. The Hall–Kier alpha value is -1.06. The average Bonchev–Trinajstić information content (AvgIpc) is 3.07. The normalized spacial score (nSPS) is 20.4. The maximum Gasteiger partial charge on any atom is 0.253 e. The smallest absolute Gasteiger partial charge is 0.253 e. The minimum absolute atomic E-state index is 0. The molecule has 1 spiro atoms. The number of hydrogen-bond acceptors (Lipinski definition) is 2. The Morgan fingerprint density at radius 3 is 2.83 bits per heavy atom. The molecule has 1 amide bonds. The van der Waals surface area contributed by atoms with Crippen LogP contribution in [0, 0.1) is 6.92 Å². The third-order valence-electron chi connectivity index (χ3n) is 3.78. The zero-order valence-corrected chi connectivity index (χ0v) is 11.4. The Bertz CT molecular complexity index is 457. The third kappa shape index (κ3) is 2.52. The molecule has 0 unspecified atom stereocenters. The molecule has 1 saturated carbocycles. The van der Waals surface area contributed by atoms with E-state index in [2.05, 4.69) is 5.32 Å². The fourth-order valence-corrected chi connectivity index (χ4v) is 2.58. The molecule has 0 atom stereocenters. The third-order valence-corrected chi connectivity index (χ3v) is 3.78. The van der Waals surface area contributed by atoms with Gasteiger partial charge in [-0.2, -0.15) is 0 Å². The number of nitrogens with one attached hydrogen (secondary N) is 1. The van der Waals surface area contributed by atoms with Gasteiger partial charge in [0.05, 0.1) is 0 Å². The highest BCUT2D eigenvalue weighted by Crippen LogP contribution is 2.37. The number of hydrogen-bond donors (Lipinski definition) is 1. The second-order valence-electron chi connectivity index (χ2n) is 5.30. The minimum atomic E-state index is 0. The van der Waals surface area contributed by atoms with Gasteiger partial charge in [0.15, 0.2) is 0 Å². The Labute approximate surface area is 114 Å². The molecule has 18 heavy (non-hydrogen) atoms. The molecule has 1 aliphatic heterocycles. The van der Waals surface area contributed by atoms with Crippen LogP contribution in [0.5, 0.6) is 0 Å². The Balaban J connectivity index is 0.00000120. The van der Waals surface area contributed by atoms with E-state index in [0.717, 1.165) is 30.8 Å². The van der Waals surface area contributed by atoms with Crippen LogP contribution in [0.3, 0.4) is 0 Å². The van der Waals surface area contributed by atoms with Crippen molar-refractivity contribution in [3.05, 3.63) is 35.4 Å². The molecule has 0 radical (unpaired) electrons. The van der Waals surface area contributed by atoms with Gasteiger partial charge < -0.3 is 10.2 Å². The highest BCUT2D eigenvalue weighted by atomic mass is 35.5. The Kier molecular flexibility index (Phi) is 3.64. The second kappa shape index (κ2) is 4.90. The summed E-state index contributed by atoms with van der Waals surface area (Å²) in [4.78, 5) is 14.4. The summed E-state index contributed by atoms with van der Waals surface area (Å²) in [5, 5.41) is 3.52. The molecule has 1 aromatic carbocycles. The monoisotopic (exact) mass is 266 g/mol. The summed E-state index contributed by atoms with van der Waals surface area (Å²) < 4.78 is 0. The van der Waals surface area contributed by atoms with E-state index in [-0.39, 0.29) is 23.9 Å². The van der Waals surface area contributed by atoms with Gasteiger partial charge in [0, 0.05) is 30.7 Å². The zero-order valence-electron chi connectivity index (χ0n) is 10.6. The predicted octanol–water partition coefficient (Wildman–Crippen LogP) is 1.99. The van der Waals surface area contributed by atoms with Crippen molar-refractivity contribution in [2.24, 2.45) is 0 Å². The van der Waals surface area contributed by atoms with Gasteiger partial charge in [-0.15, -0.1) is 12.4 Å². The van der Waals surface area contributed by atoms with Gasteiger partial charge in [0.2, 0.25) is 0 Å². The van der Waals surface area contributed by atoms with Crippen molar-refractivity contribution in [2.75, 3.05) is 19.6 Å². The SMILES string of the molecule is Cc1cccc(C(=O)N2CCNC3(CC3)C2)c1.Cl. The first kappa shape index (κ1) is 13.4. The molecule has 0 bridgehead atoms. The van der Waals surface area contributed by atoms with E-state index in [0.29, 0.717) is 0 Å². The van der Waals surface area contributed by atoms with Gasteiger partial charge in [-0.3, -0.25) is 4.79 Å². The molecule has 1 heterocycles. The Morgan fingerprint density at radius 1 is 1.39 bits per heavy atom. The molecule has 1 saturated heterocycles. The highest BCUT2D eigenvalue weighted by Gasteiger charge is 2.46. The quantitative estimate of drug-likeness (QED) is 0.843. The summed E-state index contributed by atoms with van der Waals surface area (Å²) in [6.07, 6.45) is 2.43. The van der Waals surface area contributed by atoms with Crippen LogP contribution in [0.15, 0.2) is 24.3 Å². The van der Waals surface area contributed by atoms with Crippen LogP contribution in [0.4, 0.5) is 0 Å². The summed E-state index contributed by atoms with van der Waals surface area (Å²) in [5.41, 5.74) is 2.23. The van der Waals surface area contributed by atoms with Crippen molar-refractivity contribution in [3.8, 4) is 0 Å². The molecule has 2 aliphatic rings. The number of carbonyl (C=O) groups excluding carboxylic acids is 1. The predicted molar refractivity (Wildman–Crippen MR) is 74.3 cm³/mol. The maximum absolute atomic E-state index is 12.4. The number of rotatable bonds is 1. The number of aryl methyl sites for hydroxylation is 1. The molecular formula is C14H19ClN2O. The van der Waals surface area contributed by atoms with Crippen LogP contribution < -0.4 is 5.32 Å².